The number of hydrogen-bond acceptors (Lipinski definition) is 2. The molecule has 6 heteroatoms. The van der Waals surface area contributed by atoms with E-state index in [0.29, 0.717) is 12.6 Å². The van der Waals surface area contributed by atoms with Gasteiger partial charge in [0.2, 0.25) is 10.0 Å². The molecule has 0 heterocycles. The van der Waals surface area contributed by atoms with E-state index in [1.807, 2.05) is 0 Å². The molecule has 1 saturated carbocycles. The first-order valence-corrected chi connectivity index (χ1v) is 9.15. The van der Waals surface area contributed by atoms with Crippen molar-refractivity contribution in [2.45, 2.75) is 49.5 Å². The predicted molar refractivity (Wildman–Crippen MR) is 79.9 cm³/mol. The van der Waals surface area contributed by atoms with Crippen molar-refractivity contribution in [3.05, 3.63) is 30.1 Å². The van der Waals surface area contributed by atoms with Gasteiger partial charge in [-0.15, -0.1) is 0 Å². The van der Waals surface area contributed by atoms with E-state index in [2.05, 4.69) is 10.0 Å². The van der Waals surface area contributed by atoms with Crippen molar-refractivity contribution in [2.24, 2.45) is 0 Å². The van der Waals surface area contributed by atoms with Gasteiger partial charge in [-0.3, -0.25) is 0 Å². The fourth-order valence-electron chi connectivity index (χ4n) is 2.77. The monoisotopic (exact) mass is 315 g/mol. The average Bonchev–Trinajstić information content (AvgIpc) is 2.48. The minimum Gasteiger partial charge on any atom is -0.344 e. The first-order valence-electron chi connectivity index (χ1n) is 7.67. The van der Waals surface area contributed by atoms with Crippen molar-refractivity contribution in [1.29, 1.82) is 0 Å². The van der Waals surface area contributed by atoms with Crippen molar-refractivity contribution in [3.63, 3.8) is 0 Å². The van der Waals surface area contributed by atoms with Crippen LogP contribution in [0, 0.1) is 5.82 Å². The zero-order chi connectivity index (χ0) is 15.1. The molecule has 1 aromatic rings. The van der Waals surface area contributed by atoms with Crippen molar-refractivity contribution in [3.8, 4) is 0 Å². The highest BCUT2D eigenvalue weighted by Gasteiger charge is 2.18. The molecule has 0 saturated heterocycles. The topological polar surface area (TPSA) is 62.8 Å². The Balaban J connectivity index is 1.71. The summed E-state index contributed by atoms with van der Waals surface area (Å²) < 4.78 is 39.9. The molecule has 0 aliphatic heterocycles. The number of quaternary nitrogens is 1. The van der Waals surface area contributed by atoms with Crippen LogP contribution in [0.15, 0.2) is 29.2 Å². The summed E-state index contributed by atoms with van der Waals surface area (Å²) in [6.45, 7) is 1.25. The molecule has 0 radical (unpaired) electrons. The molecule has 118 valence electrons. The molecule has 1 aliphatic carbocycles. The van der Waals surface area contributed by atoms with Crippen LogP contribution < -0.4 is 10.0 Å². The van der Waals surface area contributed by atoms with Gasteiger partial charge in [0.05, 0.1) is 12.6 Å². The van der Waals surface area contributed by atoms with Gasteiger partial charge in [-0.2, -0.15) is 0 Å². The molecule has 0 spiro atoms. The van der Waals surface area contributed by atoms with E-state index in [4.69, 9.17) is 0 Å². The summed E-state index contributed by atoms with van der Waals surface area (Å²) in [5.74, 6) is -0.709. The summed E-state index contributed by atoms with van der Waals surface area (Å²) >= 11 is 0. The highest BCUT2D eigenvalue weighted by atomic mass is 32.2. The molecule has 1 aliphatic rings. The second-order valence-corrected chi connectivity index (χ2v) is 7.34. The summed E-state index contributed by atoms with van der Waals surface area (Å²) in [4.78, 5) is -0.277. The maximum absolute atomic E-state index is 13.5. The molecular formula is C15H24FN2O2S+. The van der Waals surface area contributed by atoms with Gasteiger partial charge in [-0.05, 0) is 37.8 Å². The lowest BCUT2D eigenvalue weighted by Gasteiger charge is -2.19. The van der Waals surface area contributed by atoms with Crippen LogP contribution in [0.1, 0.15) is 38.5 Å². The van der Waals surface area contributed by atoms with Gasteiger partial charge in [-0.25, -0.2) is 17.5 Å². The van der Waals surface area contributed by atoms with Crippen LogP contribution in [0.2, 0.25) is 0 Å². The summed E-state index contributed by atoms with van der Waals surface area (Å²) in [6.07, 6.45) is 7.24. The van der Waals surface area contributed by atoms with Gasteiger partial charge < -0.3 is 5.32 Å². The SMILES string of the molecule is O=S(=O)(NCCC[NH2+]C1CCCCC1)c1ccccc1F. The number of benzene rings is 1. The van der Waals surface area contributed by atoms with Crippen molar-refractivity contribution >= 4 is 10.0 Å². The van der Waals surface area contributed by atoms with E-state index in [9.17, 15) is 12.8 Å². The average molecular weight is 315 g/mol. The van der Waals surface area contributed by atoms with Crippen LogP contribution in [-0.4, -0.2) is 27.5 Å². The molecule has 0 amide bonds. The number of nitrogens with one attached hydrogen (secondary N) is 1. The van der Waals surface area contributed by atoms with Crippen molar-refractivity contribution < 1.29 is 18.1 Å². The van der Waals surface area contributed by atoms with Crippen LogP contribution in [0.3, 0.4) is 0 Å². The Morgan fingerprint density at radius 3 is 2.62 bits per heavy atom. The first-order chi connectivity index (χ1) is 10.1. The molecule has 2 rings (SSSR count). The Morgan fingerprint density at radius 2 is 1.90 bits per heavy atom. The number of rotatable bonds is 7. The van der Waals surface area contributed by atoms with E-state index in [-0.39, 0.29) is 4.90 Å². The number of sulfonamides is 1. The Bertz CT molecular complexity index is 542. The van der Waals surface area contributed by atoms with Gasteiger partial charge >= 0.3 is 0 Å². The van der Waals surface area contributed by atoms with Crippen LogP contribution in [0.25, 0.3) is 0 Å². The molecule has 0 atom stereocenters. The Hall–Kier alpha value is -0.980. The summed E-state index contributed by atoms with van der Waals surface area (Å²) in [5, 5.41) is 2.32. The number of nitrogens with two attached hydrogens (primary N) is 1. The Kier molecular flexibility index (Phi) is 6.14. The molecule has 0 unspecified atom stereocenters. The maximum Gasteiger partial charge on any atom is 0.243 e. The molecular weight excluding hydrogens is 291 g/mol. The Morgan fingerprint density at radius 1 is 1.19 bits per heavy atom. The van der Waals surface area contributed by atoms with E-state index in [0.717, 1.165) is 19.0 Å². The summed E-state index contributed by atoms with van der Waals surface area (Å²) in [7, 11) is -3.74. The largest absolute Gasteiger partial charge is 0.344 e. The normalized spacial score (nSPS) is 17.0. The van der Waals surface area contributed by atoms with Gasteiger partial charge in [0.25, 0.3) is 0 Å². The standard InChI is InChI=1S/C15H23FN2O2S/c16-14-9-4-5-10-15(14)21(19,20)18-12-6-11-17-13-7-2-1-3-8-13/h4-5,9-10,13,17-18H,1-3,6-8,11-12H2/p+1. The lowest BCUT2D eigenvalue weighted by molar-refractivity contribution is -0.691. The highest BCUT2D eigenvalue weighted by molar-refractivity contribution is 7.89. The lowest BCUT2D eigenvalue weighted by atomic mass is 9.95. The first kappa shape index (κ1) is 16.4. The third-order valence-corrected chi connectivity index (χ3v) is 5.44. The third kappa shape index (κ3) is 5.05. The summed E-state index contributed by atoms with van der Waals surface area (Å²) in [6, 6.07) is 6.14. The smallest absolute Gasteiger partial charge is 0.243 e. The fourth-order valence-corrected chi connectivity index (χ4v) is 3.92. The molecule has 1 aromatic carbocycles. The minimum atomic E-state index is -3.74. The molecule has 0 aromatic heterocycles. The maximum atomic E-state index is 13.5. The van der Waals surface area contributed by atoms with Crippen LogP contribution in [0.4, 0.5) is 4.39 Å². The highest BCUT2D eigenvalue weighted by Crippen LogP contribution is 2.14. The van der Waals surface area contributed by atoms with Gasteiger partial charge in [0, 0.05) is 13.0 Å². The second-order valence-electron chi connectivity index (χ2n) is 5.60. The molecule has 21 heavy (non-hydrogen) atoms. The molecule has 4 nitrogen and oxygen atoms in total. The minimum absolute atomic E-state index is 0.277. The van der Waals surface area contributed by atoms with Gasteiger partial charge in [-0.1, -0.05) is 18.6 Å². The third-order valence-electron chi connectivity index (χ3n) is 3.95. The van der Waals surface area contributed by atoms with E-state index in [1.54, 1.807) is 0 Å². The van der Waals surface area contributed by atoms with Crippen LogP contribution >= 0.6 is 0 Å². The zero-order valence-corrected chi connectivity index (χ0v) is 13.0. The van der Waals surface area contributed by atoms with E-state index < -0.39 is 15.8 Å². The van der Waals surface area contributed by atoms with Gasteiger partial charge in [0.15, 0.2) is 0 Å². The van der Waals surface area contributed by atoms with Crippen LogP contribution in [0.5, 0.6) is 0 Å². The molecule has 3 N–H and O–H groups in total. The number of halogens is 1. The second kappa shape index (κ2) is 7.87. The quantitative estimate of drug-likeness (QED) is 0.747. The molecule has 0 bridgehead atoms. The van der Waals surface area contributed by atoms with E-state index in [1.165, 1.54) is 50.3 Å². The predicted octanol–water partition coefficient (Wildman–Crippen LogP) is 1.39. The molecule has 1 fully saturated rings. The van der Waals surface area contributed by atoms with E-state index >= 15 is 0 Å². The summed E-state index contributed by atoms with van der Waals surface area (Å²) in [5.41, 5.74) is 0. The van der Waals surface area contributed by atoms with Crippen molar-refractivity contribution in [2.75, 3.05) is 13.1 Å². The zero-order valence-electron chi connectivity index (χ0n) is 12.2. The lowest BCUT2D eigenvalue weighted by Crippen LogP contribution is -2.90. The van der Waals surface area contributed by atoms with Crippen LogP contribution in [-0.2, 0) is 10.0 Å². The van der Waals surface area contributed by atoms with Gasteiger partial charge in [0.1, 0.15) is 10.7 Å². The van der Waals surface area contributed by atoms with Crippen molar-refractivity contribution in [1.82, 2.24) is 4.72 Å². The number of hydrogen-bond donors (Lipinski definition) is 2. The Labute approximate surface area is 126 Å². The fraction of sp³-hybridized carbons (Fsp3) is 0.600.